The molecular formula is C10H14N2O4. The summed E-state index contributed by atoms with van der Waals surface area (Å²) in [7, 11) is 1.51. The number of hydrogen-bond donors (Lipinski definition) is 1. The topological polar surface area (TPSA) is 75.7 Å². The van der Waals surface area contributed by atoms with E-state index in [4.69, 9.17) is 0 Å². The quantitative estimate of drug-likeness (QED) is 0.384. The number of hydrogen-bond acceptors (Lipinski definition) is 5. The summed E-state index contributed by atoms with van der Waals surface area (Å²) in [6.45, 7) is 0.345. The number of nitrogens with one attached hydrogen (secondary N) is 1. The van der Waals surface area contributed by atoms with Gasteiger partial charge in [-0.05, 0) is 12.8 Å². The molecule has 16 heavy (non-hydrogen) atoms. The van der Waals surface area contributed by atoms with Crippen molar-refractivity contribution in [3.63, 3.8) is 0 Å². The number of carbonyl (C=O) groups excluding carboxylic acids is 3. The first-order valence-corrected chi connectivity index (χ1v) is 5.05. The van der Waals surface area contributed by atoms with E-state index in [0.29, 0.717) is 19.4 Å². The van der Waals surface area contributed by atoms with E-state index in [0.717, 1.165) is 4.90 Å². The third-order valence-corrected chi connectivity index (χ3v) is 2.13. The van der Waals surface area contributed by atoms with Gasteiger partial charge in [-0.1, -0.05) is 0 Å². The predicted octanol–water partition coefficient (Wildman–Crippen LogP) is -0.241. The Hall–Kier alpha value is -1.69. The van der Waals surface area contributed by atoms with Crippen molar-refractivity contribution in [2.75, 3.05) is 13.6 Å². The Labute approximate surface area is 93.2 Å². The van der Waals surface area contributed by atoms with Crippen molar-refractivity contribution in [3.05, 3.63) is 12.2 Å². The molecule has 0 aliphatic carbocycles. The molecule has 2 amide bonds. The summed E-state index contributed by atoms with van der Waals surface area (Å²) in [5, 5.41) is 0. The molecule has 0 saturated heterocycles. The Bertz CT molecular complexity index is 307. The van der Waals surface area contributed by atoms with Crippen LogP contribution >= 0.6 is 0 Å². The van der Waals surface area contributed by atoms with Gasteiger partial charge < -0.3 is 4.84 Å². The lowest BCUT2D eigenvalue weighted by atomic mass is 10.2. The molecule has 0 aromatic heterocycles. The molecule has 1 N–H and O–H groups in total. The summed E-state index contributed by atoms with van der Waals surface area (Å²) >= 11 is 0. The Kier molecular flexibility index (Phi) is 4.65. The Morgan fingerprint density at radius 1 is 1.31 bits per heavy atom. The highest BCUT2D eigenvalue weighted by Gasteiger charge is 2.22. The third kappa shape index (κ3) is 3.47. The predicted molar refractivity (Wildman–Crippen MR) is 54.9 cm³/mol. The first-order chi connectivity index (χ1) is 7.65. The standard InChI is InChI=1S/C10H14N2O4/c1-11-16-10(15)4-2-3-7-12-8(13)5-6-9(12)14/h5-6,11H,2-4,7H2,1H3. The zero-order valence-electron chi connectivity index (χ0n) is 9.06. The first-order valence-electron chi connectivity index (χ1n) is 5.05. The maximum Gasteiger partial charge on any atom is 0.324 e. The Balaban J connectivity index is 2.14. The molecule has 1 heterocycles. The number of nitrogens with zero attached hydrogens (tertiary/aromatic N) is 1. The van der Waals surface area contributed by atoms with Crippen LogP contribution in [-0.2, 0) is 19.2 Å². The second-order valence-corrected chi connectivity index (χ2v) is 3.30. The van der Waals surface area contributed by atoms with Crippen LogP contribution in [0.15, 0.2) is 12.2 Å². The van der Waals surface area contributed by atoms with Gasteiger partial charge in [0.2, 0.25) is 0 Å². The summed E-state index contributed by atoms with van der Waals surface area (Å²) in [6.07, 6.45) is 3.94. The summed E-state index contributed by atoms with van der Waals surface area (Å²) in [4.78, 5) is 38.9. The SMILES string of the molecule is CNOC(=O)CCCCN1C(=O)C=CC1=O. The number of imide groups is 1. The van der Waals surface area contributed by atoms with Gasteiger partial charge in [0.25, 0.3) is 11.8 Å². The highest BCUT2D eigenvalue weighted by atomic mass is 16.7. The van der Waals surface area contributed by atoms with E-state index >= 15 is 0 Å². The van der Waals surface area contributed by atoms with Gasteiger partial charge in [0.15, 0.2) is 0 Å². The van der Waals surface area contributed by atoms with Gasteiger partial charge in [0, 0.05) is 32.2 Å². The van der Waals surface area contributed by atoms with Crippen molar-refractivity contribution in [2.45, 2.75) is 19.3 Å². The molecule has 0 saturated carbocycles. The normalized spacial score (nSPS) is 14.7. The van der Waals surface area contributed by atoms with Gasteiger partial charge in [0.05, 0.1) is 0 Å². The van der Waals surface area contributed by atoms with E-state index in [1.54, 1.807) is 0 Å². The van der Waals surface area contributed by atoms with Crippen LogP contribution in [0.3, 0.4) is 0 Å². The molecule has 6 nitrogen and oxygen atoms in total. The molecule has 0 bridgehead atoms. The second kappa shape index (κ2) is 6.02. The van der Waals surface area contributed by atoms with Crippen LogP contribution in [0, 0.1) is 0 Å². The molecule has 88 valence electrons. The average Bonchev–Trinajstić information content (AvgIpc) is 2.55. The Morgan fingerprint density at radius 3 is 2.50 bits per heavy atom. The summed E-state index contributed by atoms with van der Waals surface area (Å²) in [5.74, 6) is -0.926. The molecule has 0 unspecified atom stereocenters. The highest BCUT2D eigenvalue weighted by molar-refractivity contribution is 6.12. The zero-order chi connectivity index (χ0) is 12.0. The van der Waals surface area contributed by atoms with Crippen molar-refractivity contribution in [2.24, 2.45) is 0 Å². The molecule has 1 rings (SSSR count). The minimum Gasteiger partial charge on any atom is -0.371 e. The maximum atomic E-state index is 11.1. The van der Waals surface area contributed by atoms with Crippen LogP contribution in [0.25, 0.3) is 0 Å². The molecule has 0 aromatic carbocycles. The van der Waals surface area contributed by atoms with Gasteiger partial charge in [-0.2, -0.15) is 5.48 Å². The first kappa shape index (κ1) is 12.4. The van der Waals surface area contributed by atoms with Crippen molar-refractivity contribution in [1.29, 1.82) is 0 Å². The number of rotatable bonds is 6. The van der Waals surface area contributed by atoms with Gasteiger partial charge in [-0.25, -0.2) is 0 Å². The van der Waals surface area contributed by atoms with Crippen LogP contribution < -0.4 is 5.48 Å². The molecule has 0 aromatic rings. The smallest absolute Gasteiger partial charge is 0.324 e. The largest absolute Gasteiger partial charge is 0.371 e. The fourth-order valence-corrected chi connectivity index (χ4v) is 1.36. The van der Waals surface area contributed by atoms with E-state index in [1.165, 1.54) is 19.2 Å². The van der Waals surface area contributed by atoms with Crippen molar-refractivity contribution in [3.8, 4) is 0 Å². The molecule has 0 spiro atoms. The lowest BCUT2D eigenvalue weighted by molar-refractivity contribution is -0.150. The Morgan fingerprint density at radius 2 is 1.94 bits per heavy atom. The van der Waals surface area contributed by atoms with Crippen molar-refractivity contribution >= 4 is 17.8 Å². The number of amides is 2. The lowest BCUT2D eigenvalue weighted by Gasteiger charge is -2.12. The fraction of sp³-hybridized carbons (Fsp3) is 0.500. The summed E-state index contributed by atoms with van der Waals surface area (Å²) in [6, 6.07) is 0. The van der Waals surface area contributed by atoms with Crippen LogP contribution in [0.1, 0.15) is 19.3 Å². The molecule has 0 atom stereocenters. The maximum absolute atomic E-state index is 11.1. The van der Waals surface area contributed by atoms with Crippen LogP contribution in [-0.4, -0.2) is 36.3 Å². The molecular weight excluding hydrogens is 212 g/mol. The zero-order valence-corrected chi connectivity index (χ0v) is 9.06. The minimum absolute atomic E-state index is 0.268. The van der Waals surface area contributed by atoms with E-state index in [-0.39, 0.29) is 24.2 Å². The lowest BCUT2D eigenvalue weighted by Crippen LogP contribution is -2.30. The van der Waals surface area contributed by atoms with Gasteiger partial charge in [0.1, 0.15) is 0 Å². The number of carbonyl (C=O) groups is 3. The van der Waals surface area contributed by atoms with E-state index in [2.05, 4.69) is 10.3 Å². The van der Waals surface area contributed by atoms with Crippen LogP contribution in [0.2, 0.25) is 0 Å². The second-order valence-electron chi connectivity index (χ2n) is 3.30. The molecule has 1 aliphatic heterocycles. The minimum atomic E-state index is -0.347. The van der Waals surface area contributed by atoms with Gasteiger partial charge in [-0.15, -0.1) is 0 Å². The molecule has 0 radical (unpaired) electrons. The molecule has 1 aliphatic rings. The fourth-order valence-electron chi connectivity index (χ4n) is 1.36. The van der Waals surface area contributed by atoms with E-state index in [9.17, 15) is 14.4 Å². The van der Waals surface area contributed by atoms with Crippen LogP contribution in [0.4, 0.5) is 0 Å². The number of hydroxylamine groups is 1. The average molecular weight is 226 g/mol. The molecule has 6 heteroatoms. The van der Waals surface area contributed by atoms with E-state index in [1.807, 2.05) is 0 Å². The monoisotopic (exact) mass is 226 g/mol. The summed E-state index contributed by atoms with van der Waals surface area (Å²) < 4.78 is 0. The van der Waals surface area contributed by atoms with Gasteiger partial charge in [-0.3, -0.25) is 19.3 Å². The molecule has 0 fully saturated rings. The van der Waals surface area contributed by atoms with Crippen molar-refractivity contribution in [1.82, 2.24) is 10.4 Å². The third-order valence-electron chi connectivity index (χ3n) is 2.13. The number of unbranched alkanes of at least 4 members (excludes halogenated alkanes) is 1. The highest BCUT2D eigenvalue weighted by Crippen LogP contribution is 2.06. The summed E-state index contributed by atoms with van der Waals surface area (Å²) in [5.41, 5.74) is 2.29. The van der Waals surface area contributed by atoms with E-state index < -0.39 is 0 Å². The van der Waals surface area contributed by atoms with Crippen molar-refractivity contribution < 1.29 is 19.2 Å². The van der Waals surface area contributed by atoms with Gasteiger partial charge >= 0.3 is 5.97 Å². The van der Waals surface area contributed by atoms with Crippen LogP contribution in [0.5, 0.6) is 0 Å².